The lowest BCUT2D eigenvalue weighted by Gasteiger charge is -2.13. The van der Waals surface area contributed by atoms with Crippen LogP contribution in [-0.2, 0) is 4.79 Å². The van der Waals surface area contributed by atoms with Crippen molar-refractivity contribution in [2.24, 2.45) is 5.92 Å². The molecule has 0 aromatic heterocycles. The van der Waals surface area contributed by atoms with Gasteiger partial charge >= 0.3 is 5.97 Å². The van der Waals surface area contributed by atoms with Crippen molar-refractivity contribution in [2.45, 2.75) is 25.8 Å². The molecule has 0 rings (SSSR count). The maximum absolute atomic E-state index is 10.6. The molecule has 3 nitrogen and oxygen atoms in total. The third-order valence-electron chi connectivity index (χ3n) is 2.18. The van der Waals surface area contributed by atoms with Crippen LogP contribution < -0.4 is 17.7 Å². The highest BCUT2D eigenvalue weighted by atomic mass is 35.5. The molecule has 0 amide bonds. The van der Waals surface area contributed by atoms with Gasteiger partial charge in [-0.25, -0.2) is 0 Å². The molecule has 0 radical (unpaired) electrons. The average molecular weight is 234 g/mol. The van der Waals surface area contributed by atoms with Gasteiger partial charge in [0.2, 0.25) is 0 Å². The molecule has 1 atom stereocenters. The number of quaternary nitrogens is 1. The third kappa shape index (κ3) is 8.21. The van der Waals surface area contributed by atoms with E-state index in [0.717, 1.165) is 12.8 Å². The fourth-order valence-electron chi connectivity index (χ4n) is 1.21. The third-order valence-corrected chi connectivity index (χ3v) is 2.18. The van der Waals surface area contributed by atoms with Crippen molar-refractivity contribution in [3.05, 3.63) is 25.3 Å². The Morgan fingerprint density at radius 3 is 2.20 bits per heavy atom. The van der Waals surface area contributed by atoms with Crippen molar-refractivity contribution in [2.75, 3.05) is 6.54 Å². The molecule has 4 heteroatoms. The van der Waals surface area contributed by atoms with Crippen LogP contribution in [-0.4, -0.2) is 23.7 Å². The van der Waals surface area contributed by atoms with Gasteiger partial charge in [-0.2, -0.15) is 0 Å². The van der Waals surface area contributed by atoms with Crippen molar-refractivity contribution in [1.82, 2.24) is 0 Å². The van der Waals surface area contributed by atoms with Gasteiger partial charge in [0.15, 0.2) is 0 Å². The summed E-state index contributed by atoms with van der Waals surface area (Å²) in [6.45, 7) is 9.68. The fourth-order valence-corrected chi connectivity index (χ4v) is 1.21. The Morgan fingerprint density at radius 2 is 1.87 bits per heavy atom. The average Bonchev–Trinajstić information content (AvgIpc) is 2.14. The summed E-state index contributed by atoms with van der Waals surface area (Å²) in [4.78, 5) is 10.6. The molecule has 0 saturated heterocycles. The van der Waals surface area contributed by atoms with E-state index in [1.807, 2.05) is 12.2 Å². The number of carboxylic acid groups (broad SMARTS) is 1. The standard InChI is InChI=1S/C11H19NO2.ClH/c1-4-6-10(7-5-2)12-8-9(3)11(13)14;/h4-5,9-10,12H,1-2,6-8H2,3H3,(H,13,14);1H. The van der Waals surface area contributed by atoms with Gasteiger partial charge in [0.1, 0.15) is 5.92 Å². The smallest absolute Gasteiger partial charge is 0.311 e. The van der Waals surface area contributed by atoms with E-state index in [-0.39, 0.29) is 18.3 Å². The van der Waals surface area contributed by atoms with E-state index in [1.54, 1.807) is 6.92 Å². The van der Waals surface area contributed by atoms with Crippen LogP contribution in [0.5, 0.6) is 0 Å². The first-order valence-corrected chi connectivity index (χ1v) is 4.89. The number of hydrogen-bond acceptors (Lipinski definition) is 1. The second-order valence-electron chi connectivity index (χ2n) is 3.52. The first-order chi connectivity index (χ1) is 6.61. The molecular formula is C11H20ClNO2. The van der Waals surface area contributed by atoms with Crippen LogP contribution in [0, 0.1) is 5.92 Å². The lowest BCUT2D eigenvalue weighted by atomic mass is 10.1. The van der Waals surface area contributed by atoms with Crippen molar-refractivity contribution in [1.29, 1.82) is 0 Å². The summed E-state index contributed by atoms with van der Waals surface area (Å²) < 4.78 is 0. The normalized spacial score (nSPS) is 11.6. The largest absolute Gasteiger partial charge is 1.00 e. The van der Waals surface area contributed by atoms with Crippen LogP contribution in [0.2, 0.25) is 0 Å². The Kier molecular flexibility index (Phi) is 10.8. The maximum Gasteiger partial charge on any atom is 0.311 e. The second kappa shape index (κ2) is 9.74. The van der Waals surface area contributed by atoms with Crippen LogP contribution in [0.25, 0.3) is 0 Å². The van der Waals surface area contributed by atoms with Crippen molar-refractivity contribution >= 4 is 5.97 Å². The predicted octanol–water partition coefficient (Wildman–Crippen LogP) is -2.20. The zero-order chi connectivity index (χ0) is 11.0. The number of hydrogen-bond donors (Lipinski definition) is 2. The SMILES string of the molecule is C=CCC(CC=C)[NH2+]CC(C)C(=O)O.[Cl-]. The summed E-state index contributed by atoms with van der Waals surface area (Å²) in [5.41, 5.74) is 0. The summed E-state index contributed by atoms with van der Waals surface area (Å²) in [5, 5.41) is 10.8. The molecule has 1 unspecified atom stereocenters. The summed E-state index contributed by atoms with van der Waals surface area (Å²) in [6, 6.07) is 0.381. The first kappa shape index (κ1) is 16.6. The molecule has 0 bridgehead atoms. The molecule has 0 fully saturated rings. The Hall–Kier alpha value is -0.800. The molecule has 3 N–H and O–H groups in total. The van der Waals surface area contributed by atoms with E-state index in [9.17, 15) is 4.79 Å². The fraction of sp³-hybridized carbons (Fsp3) is 0.545. The highest BCUT2D eigenvalue weighted by Gasteiger charge is 2.15. The Morgan fingerprint density at radius 1 is 1.40 bits per heavy atom. The number of halogens is 1. The summed E-state index contributed by atoms with van der Waals surface area (Å²) in [7, 11) is 0. The van der Waals surface area contributed by atoms with Gasteiger partial charge in [-0.05, 0) is 6.92 Å². The summed E-state index contributed by atoms with van der Waals surface area (Å²) in [6.07, 6.45) is 5.49. The molecule has 0 aliphatic rings. The number of carbonyl (C=O) groups is 1. The summed E-state index contributed by atoms with van der Waals surface area (Å²) >= 11 is 0. The highest BCUT2D eigenvalue weighted by Crippen LogP contribution is 1.95. The zero-order valence-electron chi connectivity index (χ0n) is 9.16. The van der Waals surface area contributed by atoms with Crippen molar-refractivity contribution < 1.29 is 27.6 Å². The van der Waals surface area contributed by atoms with Gasteiger partial charge < -0.3 is 22.8 Å². The molecule has 0 aromatic carbocycles. The number of carboxylic acids is 1. The first-order valence-electron chi connectivity index (χ1n) is 4.89. The minimum absolute atomic E-state index is 0. The van der Waals surface area contributed by atoms with Gasteiger partial charge in [-0.1, -0.05) is 12.2 Å². The Bertz CT molecular complexity index is 197. The van der Waals surface area contributed by atoms with Gasteiger partial charge in [0.05, 0.1) is 12.6 Å². The van der Waals surface area contributed by atoms with Crippen molar-refractivity contribution in [3.8, 4) is 0 Å². The Balaban J connectivity index is 0. The van der Waals surface area contributed by atoms with Crippen LogP contribution in [0.3, 0.4) is 0 Å². The number of aliphatic carboxylic acids is 1. The lowest BCUT2D eigenvalue weighted by molar-refractivity contribution is -0.691. The minimum Gasteiger partial charge on any atom is -1.00 e. The molecule has 0 spiro atoms. The molecule has 0 heterocycles. The quantitative estimate of drug-likeness (QED) is 0.468. The second-order valence-corrected chi connectivity index (χ2v) is 3.52. The predicted molar refractivity (Wildman–Crippen MR) is 57.0 cm³/mol. The molecule has 0 aromatic rings. The van der Waals surface area contributed by atoms with Crippen molar-refractivity contribution in [3.63, 3.8) is 0 Å². The van der Waals surface area contributed by atoms with Crippen LogP contribution in [0.4, 0.5) is 0 Å². The van der Waals surface area contributed by atoms with E-state index in [2.05, 4.69) is 18.5 Å². The highest BCUT2D eigenvalue weighted by molar-refractivity contribution is 5.69. The Labute approximate surface area is 97.7 Å². The van der Waals surface area contributed by atoms with Crippen LogP contribution in [0.1, 0.15) is 19.8 Å². The maximum atomic E-state index is 10.6. The van der Waals surface area contributed by atoms with E-state index in [0.29, 0.717) is 12.6 Å². The molecular weight excluding hydrogens is 214 g/mol. The van der Waals surface area contributed by atoms with Crippen LogP contribution >= 0.6 is 0 Å². The molecule has 0 aliphatic carbocycles. The van der Waals surface area contributed by atoms with Gasteiger partial charge in [-0.3, -0.25) is 4.79 Å². The molecule has 88 valence electrons. The van der Waals surface area contributed by atoms with Gasteiger partial charge in [0, 0.05) is 12.8 Å². The lowest BCUT2D eigenvalue weighted by Crippen LogP contribution is -3.00. The summed E-state index contributed by atoms with van der Waals surface area (Å²) in [5.74, 6) is -1.04. The van der Waals surface area contributed by atoms with Gasteiger partial charge in [0.25, 0.3) is 0 Å². The van der Waals surface area contributed by atoms with E-state index in [1.165, 1.54) is 0 Å². The number of nitrogens with two attached hydrogens (primary N) is 1. The molecule has 15 heavy (non-hydrogen) atoms. The van der Waals surface area contributed by atoms with E-state index >= 15 is 0 Å². The monoisotopic (exact) mass is 233 g/mol. The zero-order valence-corrected chi connectivity index (χ0v) is 9.91. The van der Waals surface area contributed by atoms with E-state index in [4.69, 9.17) is 5.11 Å². The topological polar surface area (TPSA) is 53.9 Å². The molecule has 0 saturated carbocycles. The molecule has 0 aliphatic heterocycles. The van der Waals surface area contributed by atoms with E-state index < -0.39 is 5.97 Å². The van der Waals surface area contributed by atoms with Crippen LogP contribution in [0.15, 0.2) is 25.3 Å². The van der Waals surface area contributed by atoms with Gasteiger partial charge in [-0.15, -0.1) is 13.2 Å². The minimum atomic E-state index is -0.739. The number of rotatable bonds is 8.